The van der Waals surface area contributed by atoms with Crippen LogP contribution in [0.2, 0.25) is 0 Å². The van der Waals surface area contributed by atoms with Gasteiger partial charge in [-0.3, -0.25) is 9.36 Å². The monoisotopic (exact) mass is 327 g/mol. The topological polar surface area (TPSA) is 59.3 Å². The number of pyridine rings is 1. The van der Waals surface area contributed by atoms with Gasteiger partial charge in [0.2, 0.25) is 0 Å². The molecule has 1 aromatic heterocycles. The van der Waals surface area contributed by atoms with Crippen LogP contribution in [0.3, 0.4) is 0 Å². The Bertz CT molecular complexity index is 804. The number of benzene rings is 1. The average molecular weight is 327 g/mol. The number of hydrogen-bond acceptors (Lipinski definition) is 2. The minimum Gasteiger partial charge on any atom is -0.479 e. The first-order valence-corrected chi connectivity index (χ1v) is 7.14. The summed E-state index contributed by atoms with van der Waals surface area (Å²) >= 11 is 0. The molecule has 4 nitrogen and oxygen atoms in total. The molecule has 2 rings (SSSR count). The maximum absolute atomic E-state index is 12.7. The van der Waals surface area contributed by atoms with Crippen molar-refractivity contribution in [3.05, 3.63) is 46.4 Å². The molecule has 0 aliphatic heterocycles. The summed E-state index contributed by atoms with van der Waals surface area (Å²) in [6, 6.07) is 4.15. The number of carboxylic acid groups (broad SMARTS) is 1. The van der Waals surface area contributed by atoms with E-state index in [1.165, 1.54) is 12.3 Å². The van der Waals surface area contributed by atoms with Gasteiger partial charge in [-0.05, 0) is 42.5 Å². The van der Waals surface area contributed by atoms with Gasteiger partial charge in [0, 0.05) is 11.6 Å². The van der Waals surface area contributed by atoms with E-state index in [0.29, 0.717) is 0 Å². The highest BCUT2D eigenvalue weighted by atomic mass is 19.4. The molecule has 0 aliphatic carbocycles. The number of nitrogens with zero attached hydrogens (tertiary/aromatic N) is 1. The first kappa shape index (κ1) is 17.1. The standard InChI is InChI=1S/C16H16F3NO3/c1-3-15(4-2,14(22)23)20-8-7-10-9-11(16(17,18)19)5-6-12(10)13(20)21/h5-9H,3-4H2,1-2H3,(H,22,23). The Morgan fingerprint density at radius 1 is 1.17 bits per heavy atom. The summed E-state index contributed by atoms with van der Waals surface area (Å²) in [5.74, 6) is -1.14. The normalized spacial score (nSPS) is 12.6. The number of halogens is 3. The molecule has 124 valence electrons. The molecule has 23 heavy (non-hydrogen) atoms. The van der Waals surface area contributed by atoms with Crippen LogP contribution in [0, 0.1) is 0 Å². The molecular weight excluding hydrogens is 311 g/mol. The lowest BCUT2D eigenvalue weighted by Crippen LogP contribution is -2.46. The van der Waals surface area contributed by atoms with Crippen molar-refractivity contribution in [2.24, 2.45) is 0 Å². The third-order valence-corrected chi connectivity index (χ3v) is 4.26. The third-order valence-electron chi connectivity index (χ3n) is 4.26. The Kier molecular flexibility index (Phi) is 4.24. The van der Waals surface area contributed by atoms with Crippen molar-refractivity contribution in [2.75, 3.05) is 0 Å². The van der Waals surface area contributed by atoms with Crippen LogP contribution in [0.5, 0.6) is 0 Å². The fourth-order valence-electron chi connectivity index (χ4n) is 2.76. The average Bonchev–Trinajstić information content (AvgIpc) is 2.49. The summed E-state index contributed by atoms with van der Waals surface area (Å²) in [6.07, 6.45) is -2.87. The molecule has 0 fully saturated rings. The molecule has 0 aliphatic rings. The number of rotatable bonds is 4. The Balaban J connectivity index is 2.74. The molecule has 0 radical (unpaired) electrons. The third kappa shape index (κ3) is 2.71. The SMILES string of the molecule is CCC(CC)(C(=O)O)n1ccc2cc(C(F)(F)F)ccc2c1=O. The van der Waals surface area contributed by atoms with Gasteiger partial charge in [0.25, 0.3) is 5.56 Å². The summed E-state index contributed by atoms with van der Waals surface area (Å²) in [5, 5.41) is 9.71. The maximum atomic E-state index is 12.7. The van der Waals surface area contributed by atoms with Crippen LogP contribution in [0.4, 0.5) is 13.2 Å². The molecule has 1 aromatic carbocycles. The van der Waals surface area contributed by atoms with Gasteiger partial charge in [0.1, 0.15) is 5.54 Å². The molecule has 0 amide bonds. The lowest BCUT2D eigenvalue weighted by atomic mass is 9.92. The van der Waals surface area contributed by atoms with E-state index in [0.717, 1.165) is 22.8 Å². The Labute approximate surface area is 130 Å². The van der Waals surface area contributed by atoms with Crippen LogP contribution >= 0.6 is 0 Å². The zero-order valence-corrected chi connectivity index (χ0v) is 12.6. The molecule has 0 unspecified atom stereocenters. The second kappa shape index (κ2) is 5.72. The number of aromatic nitrogens is 1. The van der Waals surface area contributed by atoms with Gasteiger partial charge < -0.3 is 5.11 Å². The zero-order valence-electron chi connectivity index (χ0n) is 12.6. The largest absolute Gasteiger partial charge is 0.479 e. The molecule has 0 saturated heterocycles. The van der Waals surface area contributed by atoms with Crippen LogP contribution in [-0.2, 0) is 16.5 Å². The molecule has 0 saturated carbocycles. The zero-order chi connectivity index (χ0) is 17.4. The number of aliphatic carboxylic acids is 1. The van der Waals surface area contributed by atoms with E-state index in [1.807, 2.05) is 0 Å². The van der Waals surface area contributed by atoms with Crippen molar-refractivity contribution in [2.45, 2.75) is 38.4 Å². The summed E-state index contributed by atoms with van der Waals surface area (Å²) in [5.41, 5.74) is -2.87. The highest BCUT2D eigenvalue weighted by Gasteiger charge is 2.38. The smallest absolute Gasteiger partial charge is 0.416 e. The summed E-state index contributed by atoms with van der Waals surface area (Å²) in [6.45, 7) is 3.31. The lowest BCUT2D eigenvalue weighted by molar-refractivity contribution is -0.148. The predicted molar refractivity (Wildman–Crippen MR) is 79.4 cm³/mol. The van der Waals surface area contributed by atoms with E-state index < -0.39 is 28.8 Å². The minimum atomic E-state index is -4.50. The van der Waals surface area contributed by atoms with Gasteiger partial charge >= 0.3 is 12.1 Å². The van der Waals surface area contributed by atoms with E-state index in [2.05, 4.69) is 0 Å². The van der Waals surface area contributed by atoms with Gasteiger partial charge in [-0.25, -0.2) is 4.79 Å². The van der Waals surface area contributed by atoms with E-state index in [-0.39, 0.29) is 23.6 Å². The van der Waals surface area contributed by atoms with Crippen molar-refractivity contribution in [3.63, 3.8) is 0 Å². The predicted octanol–water partition coefficient (Wildman–Crippen LogP) is 3.62. The van der Waals surface area contributed by atoms with Gasteiger partial charge in [-0.2, -0.15) is 13.2 Å². The molecule has 1 heterocycles. The second-order valence-electron chi connectivity index (χ2n) is 5.33. The van der Waals surface area contributed by atoms with Gasteiger partial charge in [0.05, 0.1) is 5.56 Å². The van der Waals surface area contributed by atoms with Gasteiger partial charge in [0.15, 0.2) is 0 Å². The maximum Gasteiger partial charge on any atom is 0.416 e. The molecule has 0 atom stereocenters. The van der Waals surface area contributed by atoms with Crippen LogP contribution in [-0.4, -0.2) is 15.6 Å². The van der Waals surface area contributed by atoms with Crippen LogP contribution in [0.25, 0.3) is 10.8 Å². The number of fused-ring (bicyclic) bond motifs is 1. The number of carboxylic acids is 1. The Morgan fingerprint density at radius 3 is 2.26 bits per heavy atom. The van der Waals surface area contributed by atoms with E-state index in [1.54, 1.807) is 13.8 Å². The van der Waals surface area contributed by atoms with Crippen LogP contribution in [0.15, 0.2) is 35.3 Å². The van der Waals surface area contributed by atoms with Crippen LogP contribution in [0.1, 0.15) is 32.3 Å². The van der Waals surface area contributed by atoms with E-state index in [9.17, 15) is 27.9 Å². The molecule has 7 heteroatoms. The lowest BCUT2D eigenvalue weighted by Gasteiger charge is -2.29. The first-order valence-electron chi connectivity index (χ1n) is 7.14. The highest BCUT2D eigenvalue weighted by Crippen LogP contribution is 2.31. The van der Waals surface area contributed by atoms with E-state index >= 15 is 0 Å². The van der Waals surface area contributed by atoms with Crippen molar-refractivity contribution in [3.8, 4) is 0 Å². The van der Waals surface area contributed by atoms with Crippen molar-refractivity contribution in [1.29, 1.82) is 0 Å². The summed E-state index contributed by atoms with van der Waals surface area (Å²) in [7, 11) is 0. The Morgan fingerprint density at radius 2 is 1.78 bits per heavy atom. The van der Waals surface area contributed by atoms with E-state index in [4.69, 9.17) is 0 Å². The van der Waals surface area contributed by atoms with Crippen molar-refractivity contribution >= 4 is 16.7 Å². The summed E-state index contributed by atoms with van der Waals surface area (Å²) in [4.78, 5) is 24.2. The molecule has 0 spiro atoms. The fraction of sp³-hybridized carbons (Fsp3) is 0.375. The van der Waals surface area contributed by atoms with Crippen molar-refractivity contribution < 1.29 is 23.1 Å². The number of carbonyl (C=O) groups is 1. The first-order chi connectivity index (χ1) is 10.7. The number of hydrogen-bond donors (Lipinski definition) is 1. The molecular formula is C16H16F3NO3. The minimum absolute atomic E-state index is 0.0630. The van der Waals surface area contributed by atoms with Gasteiger partial charge in [-0.15, -0.1) is 0 Å². The number of alkyl halides is 3. The molecule has 2 aromatic rings. The quantitative estimate of drug-likeness (QED) is 0.933. The molecule has 0 bridgehead atoms. The van der Waals surface area contributed by atoms with Crippen LogP contribution < -0.4 is 5.56 Å². The summed E-state index contributed by atoms with van der Waals surface area (Å²) < 4.78 is 39.3. The van der Waals surface area contributed by atoms with Crippen molar-refractivity contribution in [1.82, 2.24) is 4.57 Å². The fourth-order valence-corrected chi connectivity index (χ4v) is 2.76. The second-order valence-corrected chi connectivity index (χ2v) is 5.33. The molecule has 1 N–H and O–H groups in total. The highest BCUT2D eigenvalue weighted by molar-refractivity contribution is 5.83. The van der Waals surface area contributed by atoms with Gasteiger partial charge in [-0.1, -0.05) is 13.8 Å². The Hall–Kier alpha value is -2.31.